The molecule has 3 heteroatoms. The number of hydrogen-bond donors (Lipinski definition) is 1. The smallest absolute Gasteiger partial charge is 0.323 e. The third-order valence-electron chi connectivity index (χ3n) is 3.07. The van der Waals surface area contributed by atoms with E-state index in [9.17, 15) is 9.90 Å². The Hall–Kier alpha value is -0.570. The Morgan fingerprint density at radius 1 is 1.47 bits per heavy atom. The average Bonchev–Trinajstić information content (AvgIpc) is 2.14. The van der Waals surface area contributed by atoms with Crippen molar-refractivity contribution in [3.8, 4) is 0 Å². The van der Waals surface area contributed by atoms with Gasteiger partial charge in [-0.1, -0.05) is 20.8 Å². The van der Waals surface area contributed by atoms with Gasteiger partial charge in [-0.05, 0) is 45.7 Å². The Labute approximate surface area is 93.5 Å². The van der Waals surface area contributed by atoms with Gasteiger partial charge in [0.05, 0.1) is 0 Å². The molecule has 1 unspecified atom stereocenters. The fourth-order valence-electron chi connectivity index (χ4n) is 1.61. The molecule has 0 rings (SSSR count). The van der Waals surface area contributed by atoms with Crippen LogP contribution in [0.5, 0.6) is 0 Å². The standard InChI is InChI=1S/C12H25NO2/c1-6-9-13(5)12(4,11(14)15)8-7-10(2)3/h10H,6-9H2,1-5H3,(H,14,15). The van der Waals surface area contributed by atoms with E-state index in [2.05, 4.69) is 20.8 Å². The van der Waals surface area contributed by atoms with Crippen molar-refractivity contribution in [2.45, 2.75) is 52.5 Å². The Kier molecular flexibility index (Phi) is 5.88. The Bertz CT molecular complexity index is 204. The van der Waals surface area contributed by atoms with Crippen LogP contribution in [0.25, 0.3) is 0 Å². The van der Waals surface area contributed by atoms with E-state index in [1.807, 2.05) is 18.9 Å². The van der Waals surface area contributed by atoms with Crippen molar-refractivity contribution in [3.05, 3.63) is 0 Å². The van der Waals surface area contributed by atoms with E-state index in [1.165, 1.54) is 0 Å². The first kappa shape index (κ1) is 14.4. The van der Waals surface area contributed by atoms with Crippen molar-refractivity contribution >= 4 is 5.97 Å². The number of carbonyl (C=O) groups is 1. The number of carboxylic acids is 1. The van der Waals surface area contributed by atoms with Gasteiger partial charge >= 0.3 is 5.97 Å². The van der Waals surface area contributed by atoms with Crippen LogP contribution >= 0.6 is 0 Å². The summed E-state index contributed by atoms with van der Waals surface area (Å²) in [5.41, 5.74) is -0.708. The highest BCUT2D eigenvalue weighted by Gasteiger charge is 2.36. The molecular weight excluding hydrogens is 190 g/mol. The molecule has 0 aromatic rings. The quantitative estimate of drug-likeness (QED) is 0.709. The summed E-state index contributed by atoms with van der Waals surface area (Å²) in [5.74, 6) is -0.155. The molecule has 90 valence electrons. The normalized spacial score (nSPS) is 15.7. The molecule has 0 aromatic heterocycles. The average molecular weight is 215 g/mol. The van der Waals surface area contributed by atoms with Gasteiger partial charge in [-0.2, -0.15) is 0 Å². The second-order valence-electron chi connectivity index (χ2n) is 4.93. The van der Waals surface area contributed by atoms with Crippen LogP contribution < -0.4 is 0 Å². The van der Waals surface area contributed by atoms with Crippen LogP contribution in [-0.4, -0.2) is 35.1 Å². The molecule has 0 saturated heterocycles. The second kappa shape index (κ2) is 6.11. The van der Waals surface area contributed by atoms with E-state index in [0.717, 1.165) is 25.8 Å². The van der Waals surface area contributed by atoms with Crippen molar-refractivity contribution in [1.29, 1.82) is 0 Å². The lowest BCUT2D eigenvalue weighted by atomic mass is 9.90. The zero-order chi connectivity index (χ0) is 12.1. The third-order valence-corrected chi connectivity index (χ3v) is 3.07. The number of likely N-dealkylation sites (N-methyl/N-ethyl adjacent to an activating group) is 1. The fourth-order valence-corrected chi connectivity index (χ4v) is 1.61. The summed E-state index contributed by atoms with van der Waals surface area (Å²) < 4.78 is 0. The summed E-state index contributed by atoms with van der Waals surface area (Å²) in [4.78, 5) is 13.3. The van der Waals surface area contributed by atoms with Gasteiger partial charge in [0.1, 0.15) is 5.54 Å². The summed E-state index contributed by atoms with van der Waals surface area (Å²) in [6.07, 6.45) is 2.66. The Morgan fingerprint density at radius 2 is 2.00 bits per heavy atom. The molecule has 0 spiro atoms. The molecule has 15 heavy (non-hydrogen) atoms. The lowest BCUT2D eigenvalue weighted by molar-refractivity contribution is -0.150. The van der Waals surface area contributed by atoms with Crippen LogP contribution in [0.2, 0.25) is 0 Å². The highest BCUT2D eigenvalue weighted by atomic mass is 16.4. The molecule has 0 aliphatic carbocycles. The van der Waals surface area contributed by atoms with Crippen molar-refractivity contribution in [2.24, 2.45) is 5.92 Å². The minimum Gasteiger partial charge on any atom is -0.480 e. The molecule has 0 fully saturated rings. The van der Waals surface area contributed by atoms with Crippen LogP contribution in [0, 0.1) is 5.92 Å². The minimum atomic E-state index is -0.709. The third kappa shape index (κ3) is 4.20. The maximum Gasteiger partial charge on any atom is 0.323 e. The van der Waals surface area contributed by atoms with Gasteiger partial charge in [-0.25, -0.2) is 0 Å². The molecule has 0 aromatic carbocycles. The maximum atomic E-state index is 11.3. The van der Waals surface area contributed by atoms with Gasteiger partial charge in [0.2, 0.25) is 0 Å². The number of hydrogen-bond acceptors (Lipinski definition) is 2. The van der Waals surface area contributed by atoms with Gasteiger partial charge in [-0.15, -0.1) is 0 Å². The van der Waals surface area contributed by atoms with E-state index in [-0.39, 0.29) is 0 Å². The van der Waals surface area contributed by atoms with Crippen LogP contribution in [0.3, 0.4) is 0 Å². The molecule has 0 heterocycles. The highest BCUT2D eigenvalue weighted by Crippen LogP contribution is 2.23. The van der Waals surface area contributed by atoms with Gasteiger partial charge < -0.3 is 5.11 Å². The van der Waals surface area contributed by atoms with E-state index in [4.69, 9.17) is 0 Å². The molecule has 1 atom stereocenters. The van der Waals surface area contributed by atoms with E-state index < -0.39 is 11.5 Å². The maximum absolute atomic E-state index is 11.3. The van der Waals surface area contributed by atoms with Crippen LogP contribution in [0.15, 0.2) is 0 Å². The molecule has 3 nitrogen and oxygen atoms in total. The predicted molar refractivity (Wildman–Crippen MR) is 63.0 cm³/mol. The van der Waals surface area contributed by atoms with Gasteiger partial charge in [0.25, 0.3) is 0 Å². The lowest BCUT2D eigenvalue weighted by Crippen LogP contribution is -2.50. The molecule has 0 aliphatic heterocycles. The monoisotopic (exact) mass is 215 g/mol. The lowest BCUT2D eigenvalue weighted by Gasteiger charge is -2.35. The van der Waals surface area contributed by atoms with E-state index in [1.54, 1.807) is 0 Å². The highest BCUT2D eigenvalue weighted by molar-refractivity contribution is 5.78. The van der Waals surface area contributed by atoms with Crippen LogP contribution in [0.1, 0.15) is 47.0 Å². The minimum absolute atomic E-state index is 0.554. The second-order valence-corrected chi connectivity index (χ2v) is 4.93. The van der Waals surface area contributed by atoms with Gasteiger partial charge in [0, 0.05) is 0 Å². The molecule has 0 bridgehead atoms. The van der Waals surface area contributed by atoms with E-state index in [0.29, 0.717) is 5.92 Å². The number of carboxylic acid groups (broad SMARTS) is 1. The number of rotatable bonds is 7. The van der Waals surface area contributed by atoms with Crippen molar-refractivity contribution in [1.82, 2.24) is 4.90 Å². The van der Waals surface area contributed by atoms with Crippen molar-refractivity contribution in [2.75, 3.05) is 13.6 Å². The summed E-state index contributed by atoms with van der Waals surface area (Å²) >= 11 is 0. The van der Waals surface area contributed by atoms with Crippen LogP contribution in [-0.2, 0) is 4.79 Å². The number of aliphatic carboxylic acids is 1. The molecule has 0 radical (unpaired) electrons. The number of nitrogens with zero attached hydrogens (tertiary/aromatic N) is 1. The molecule has 0 amide bonds. The van der Waals surface area contributed by atoms with E-state index >= 15 is 0 Å². The largest absolute Gasteiger partial charge is 0.480 e. The zero-order valence-electron chi connectivity index (χ0n) is 10.7. The first-order valence-electron chi connectivity index (χ1n) is 5.79. The molecule has 0 aliphatic rings. The Balaban J connectivity index is 4.51. The molecule has 0 saturated carbocycles. The SMILES string of the molecule is CCCN(C)C(C)(CCC(C)C)C(=O)O. The van der Waals surface area contributed by atoms with Crippen LogP contribution in [0.4, 0.5) is 0 Å². The Morgan fingerprint density at radius 3 is 2.33 bits per heavy atom. The summed E-state index contributed by atoms with van der Waals surface area (Å²) in [6, 6.07) is 0. The van der Waals surface area contributed by atoms with Crippen molar-refractivity contribution < 1.29 is 9.90 Å². The topological polar surface area (TPSA) is 40.5 Å². The zero-order valence-corrected chi connectivity index (χ0v) is 10.7. The molecule has 1 N–H and O–H groups in total. The predicted octanol–water partition coefficient (Wildman–Crippen LogP) is 2.61. The van der Waals surface area contributed by atoms with Gasteiger partial charge in [-0.3, -0.25) is 9.69 Å². The van der Waals surface area contributed by atoms with Gasteiger partial charge in [0.15, 0.2) is 0 Å². The fraction of sp³-hybridized carbons (Fsp3) is 0.917. The van der Waals surface area contributed by atoms with Crippen molar-refractivity contribution in [3.63, 3.8) is 0 Å². The summed E-state index contributed by atoms with van der Waals surface area (Å²) in [5, 5.41) is 9.30. The molecular formula is C12H25NO2. The summed E-state index contributed by atoms with van der Waals surface area (Å²) in [7, 11) is 1.90. The summed E-state index contributed by atoms with van der Waals surface area (Å²) in [6.45, 7) is 8.99. The first-order valence-corrected chi connectivity index (χ1v) is 5.79. The first-order chi connectivity index (χ1) is 6.84.